The molecular weight excluding hydrogens is 354 g/mol. The molecule has 0 aliphatic heterocycles. The highest BCUT2D eigenvalue weighted by Crippen LogP contribution is 2.21. The lowest BCUT2D eigenvalue weighted by Crippen LogP contribution is -3.00. The van der Waals surface area contributed by atoms with E-state index in [0.717, 1.165) is 27.1 Å². The monoisotopic (exact) mass is 379 g/mol. The third-order valence-electron chi connectivity index (χ3n) is 4.00. The fraction of sp³-hybridized carbons (Fsp3) is 0.238. The standard InChI is InChI=1S/C21H24N5O2/c1-24(2)12-17(13-25(3)4)19-18-10-11-26(20(18)23-15-22-19)21(27)28-14-16-8-6-5-7-9-16/h5-13,15H,14H2,1-4H3/q+1/p+1. The summed E-state index contributed by atoms with van der Waals surface area (Å²) < 4.78 is 8.82. The van der Waals surface area contributed by atoms with E-state index in [2.05, 4.69) is 16.2 Å². The molecule has 28 heavy (non-hydrogen) atoms. The van der Waals surface area contributed by atoms with Crippen molar-refractivity contribution in [3.63, 3.8) is 0 Å². The number of fused-ring (bicyclic) bond motifs is 1. The lowest BCUT2D eigenvalue weighted by Gasteiger charge is -2.07. The molecule has 3 aromatic rings. The van der Waals surface area contributed by atoms with E-state index >= 15 is 0 Å². The van der Waals surface area contributed by atoms with Crippen molar-refractivity contribution in [2.45, 2.75) is 6.61 Å². The van der Waals surface area contributed by atoms with Crippen molar-refractivity contribution in [1.29, 1.82) is 0 Å². The Kier molecular flexibility index (Phi) is 5.96. The highest BCUT2D eigenvalue weighted by molar-refractivity contribution is 6.11. The topological polar surface area (TPSA) is 64.5 Å². The van der Waals surface area contributed by atoms with Gasteiger partial charge in [0.1, 0.15) is 38.8 Å². The summed E-state index contributed by atoms with van der Waals surface area (Å²) in [6, 6.07) is 11.4. The Balaban J connectivity index is 1.94. The molecule has 2 aromatic heterocycles. The van der Waals surface area contributed by atoms with Crippen molar-refractivity contribution in [2.75, 3.05) is 28.2 Å². The smallest absolute Gasteiger partial charge is 0.420 e. The van der Waals surface area contributed by atoms with Gasteiger partial charge >= 0.3 is 6.09 Å². The fourth-order valence-corrected chi connectivity index (χ4v) is 2.87. The van der Waals surface area contributed by atoms with Crippen LogP contribution in [0.4, 0.5) is 4.79 Å². The predicted molar refractivity (Wildman–Crippen MR) is 109 cm³/mol. The predicted octanol–water partition coefficient (Wildman–Crippen LogP) is 1.44. The molecular formula is C21H25N5O2+2. The third kappa shape index (κ3) is 4.50. The first-order valence-corrected chi connectivity index (χ1v) is 9.02. The molecule has 0 bridgehead atoms. The number of quaternary nitrogens is 1. The van der Waals surface area contributed by atoms with Crippen molar-refractivity contribution in [1.82, 2.24) is 14.5 Å². The summed E-state index contributed by atoms with van der Waals surface area (Å²) in [5, 5.41) is 0.796. The van der Waals surface area contributed by atoms with Gasteiger partial charge in [-0.2, -0.15) is 0 Å². The number of hydrogen-bond donors (Lipinski definition) is 1. The Morgan fingerprint density at radius 3 is 2.61 bits per heavy atom. The van der Waals surface area contributed by atoms with Crippen LogP contribution in [-0.4, -0.2) is 59.6 Å². The molecule has 144 valence electrons. The number of aromatic nitrogens is 3. The van der Waals surface area contributed by atoms with Crippen LogP contribution in [0, 0.1) is 0 Å². The average molecular weight is 379 g/mol. The van der Waals surface area contributed by atoms with Gasteiger partial charge in [-0.25, -0.2) is 23.9 Å². The zero-order valence-corrected chi connectivity index (χ0v) is 16.6. The number of ether oxygens (including phenoxy) is 1. The lowest BCUT2D eigenvalue weighted by molar-refractivity contribution is -0.800. The molecule has 0 amide bonds. The number of rotatable bonds is 5. The van der Waals surface area contributed by atoms with Crippen molar-refractivity contribution < 1.29 is 19.0 Å². The molecule has 0 saturated heterocycles. The van der Waals surface area contributed by atoms with Crippen molar-refractivity contribution in [3.05, 3.63) is 66.4 Å². The van der Waals surface area contributed by atoms with E-state index < -0.39 is 6.09 Å². The summed E-state index contributed by atoms with van der Waals surface area (Å²) in [4.78, 5) is 22.5. The summed E-state index contributed by atoms with van der Waals surface area (Å²) in [5.41, 5.74) is 3.18. The molecule has 0 atom stereocenters. The SMILES string of the molecule is C[N+](C)=C/C(=C/[NH+](C)C)c1ncnc2c1ccn2C(=O)OCc1ccccc1. The first kappa shape index (κ1) is 19.4. The second-order valence-electron chi connectivity index (χ2n) is 6.96. The zero-order valence-electron chi connectivity index (χ0n) is 16.6. The fourth-order valence-electron chi connectivity index (χ4n) is 2.87. The van der Waals surface area contributed by atoms with Gasteiger partial charge in [-0.3, -0.25) is 0 Å². The summed E-state index contributed by atoms with van der Waals surface area (Å²) in [7, 11) is 7.99. The van der Waals surface area contributed by atoms with E-state index in [4.69, 9.17) is 4.74 Å². The van der Waals surface area contributed by atoms with Crippen LogP contribution in [0.5, 0.6) is 0 Å². The van der Waals surface area contributed by atoms with Crippen LogP contribution < -0.4 is 4.90 Å². The van der Waals surface area contributed by atoms with Crippen LogP contribution >= 0.6 is 0 Å². The van der Waals surface area contributed by atoms with E-state index in [0.29, 0.717) is 5.65 Å². The van der Waals surface area contributed by atoms with Crippen LogP contribution in [0.1, 0.15) is 11.3 Å². The van der Waals surface area contributed by atoms with Crippen molar-refractivity contribution in [2.24, 2.45) is 0 Å². The van der Waals surface area contributed by atoms with Crippen molar-refractivity contribution >= 4 is 28.9 Å². The molecule has 2 heterocycles. The maximum atomic E-state index is 12.6. The molecule has 7 nitrogen and oxygen atoms in total. The van der Waals surface area contributed by atoms with Gasteiger partial charge in [-0.15, -0.1) is 0 Å². The Bertz CT molecular complexity index is 1030. The number of allylic oxidation sites excluding steroid dienone is 1. The quantitative estimate of drug-likeness (QED) is 0.538. The van der Waals surface area contributed by atoms with Gasteiger partial charge in [0.15, 0.2) is 11.9 Å². The maximum absolute atomic E-state index is 12.6. The van der Waals surface area contributed by atoms with Gasteiger partial charge in [0.2, 0.25) is 0 Å². The highest BCUT2D eigenvalue weighted by Gasteiger charge is 2.18. The number of carbonyl (C=O) groups is 1. The first-order valence-electron chi connectivity index (χ1n) is 9.02. The van der Waals surface area contributed by atoms with E-state index in [-0.39, 0.29) is 6.61 Å². The summed E-state index contributed by atoms with van der Waals surface area (Å²) in [5.74, 6) is 0. The molecule has 0 radical (unpaired) electrons. The van der Waals surface area contributed by atoms with E-state index in [1.165, 1.54) is 10.9 Å². The summed E-state index contributed by atoms with van der Waals surface area (Å²) in [6.07, 6.45) is 6.74. The van der Waals surface area contributed by atoms with Gasteiger partial charge in [0.25, 0.3) is 0 Å². The molecule has 1 aromatic carbocycles. The molecule has 0 fully saturated rings. The van der Waals surface area contributed by atoms with Crippen LogP contribution in [0.2, 0.25) is 0 Å². The summed E-state index contributed by atoms with van der Waals surface area (Å²) in [6.45, 7) is 0.209. The highest BCUT2D eigenvalue weighted by atomic mass is 16.5. The third-order valence-corrected chi connectivity index (χ3v) is 4.00. The molecule has 7 heteroatoms. The van der Waals surface area contributed by atoms with Crippen molar-refractivity contribution in [3.8, 4) is 0 Å². The van der Waals surface area contributed by atoms with Gasteiger partial charge in [0.05, 0.1) is 19.8 Å². The van der Waals surface area contributed by atoms with Crippen LogP contribution in [-0.2, 0) is 11.3 Å². The van der Waals surface area contributed by atoms with Crippen LogP contribution in [0.15, 0.2) is 55.1 Å². The Morgan fingerprint density at radius 1 is 1.18 bits per heavy atom. The first-order chi connectivity index (χ1) is 13.5. The molecule has 3 rings (SSSR count). The normalized spacial score (nSPS) is 11.7. The molecule has 1 N–H and O–H groups in total. The second kappa shape index (κ2) is 8.58. The van der Waals surface area contributed by atoms with Gasteiger partial charge in [0, 0.05) is 11.6 Å². The van der Waals surface area contributed by atoms with Crippen LogP contribution in [0.25, 0.3) is 16.6 Å². The van der Waals surface area contributed by atoms with Crippen LogP contribution in [0.3, 0.4) is 0 Å². The maximum Gasteiger partial charge on any atom is 0.420 e. The minimum atomic E-state index is -0.469. The lowest BCUT2D eigenvalue weighted by atomic mass is 10.1. The van der Waals surface area contributed by atoms with E-state index in [1.807, 2.05) is 75.4 Å². The summed E-state index contributed by atoms with van der Waals surface area (Å²) >= 11 is 0. The van der Waals surface area contributed by atoms with Gasteiger partial charge < -0.3 is 9.64 Å². The molecule has 0 unspecified atom stereocenters. The molecule has 0 spiro atoms. The zero-order chi connectivity index (χ0) is 20.1. The van der Waals surface area contributed by atoms with E-state index in [1.54, 1.807) is 6.20 Å². The Morgan fingerprint density at radius 2 is 1.93 bits per heavy atom. The minimum absolute atomic E-state index is 0.209. The molecule has 0 aliphatic rings. The Labute approximate surface area is 164 Å². The number of nitrogens with one attached hydrogen (secondary N) is 1. The second-order valence-corrected chi connectivity index (χ2v) is 6.96. The van der Waals surface area contributed by atoms with Gasteiger partial charge in [-0.1, -0.05) is 30.3 Å². The number of carbonyl (C=O) groups excluding carboxylic acids is 1. The van der Waals surface area contributed by atoms with E-state index in [9.17, 15) is 4.79 Å². The number of nitrogens with zero attached hydrogens (tertiary/aromatic N) is 4. The molecule has 0 saturated carbocycles. The van der Waals surface area contributed by atoms with Gasteiger partial charge in [-0.05, 0) is 11.6 Å². The number of hydrogen-bond acceptors (Lipinski definition) is 4. The number of benzene rings is 1. The minimum Gasteiger partial charge on any atom is -0.444 e. The average Bonchev–Trinajstić information content (AvgIpc) is 3.10. The Hall–Kier alpha value is -3.32. The largest absolute Gasteiger partial charge is 0.444 e. The molecule has 0 aliphatic carbocycles.